The lowest BCUT2D eigenvalue weighted by Gasteiger charge is -2.14. The van der Waals surface area contributed by atoms with Crippen LogP contribution < -0.4 is 10.6 Å². The fraction of sp³-hybridized carbons (Fsp3) is 0.130. The molecule has 0 radical (unpaired) electrons. The van der Waals surface area contributed by atoms with Crippen LogP contribution in [0.1, 0.15) is 11.1 Å². The minimum Gasteiger partial charge on any atom is -0.326 e. The predicted octanol–water partition coefficient (Wildman–Crippen LogP) is 6.27. The summed E-state index contributed by atoms with van der Waals surface area (Å²) in [7, 11) is 0. The molecule has 2 N–H and O–H groups in total. The lowest BCUT2D eigenvalue weighted by molar-refractivity contribution is -0.137. The van der Waals surface area contributed by atoms with Crippen molar-refractivity contribution in [3.8, 4) is 0 Å². The number of amides is 2. The van der Waals surface area contributed by atoms with Crippen molar-refractivity contribution in [3.05, 3.63) is 88.9 Å². The number of hydrogen-bond acceptors (Lipinski definition) is 3. The van der Waals surface area contributed by atoms with Gasteiger partial charge < -0.3 is 10.6 Å². The van der Waals surface area contributed by atoms with Crippen LogP contribution in [0.3, 0.4) is 0 Å². The van der Waals surface area contributed by atoms with Crippen LogP contribution in [0.4, 0.5) is 24.5 Å². The maximum Gasteiger partial charge on any atom is 0.418 e. The van der Waals surface area contributed by atoms with E-state index in [0.29, 0.717) is 10.6 Å². The third-order valence-corrected chi connectivity index (χ3v) is 5.49. The van der Waals surface area contributed by atoms with E-state index < -0.39 is 17.6 Å². The second kappa shape index (κ2) is 10.6. The zero-order valence-corrected chi connectivity index (χ0v) is 18.2. The van der Waals surface area contributed by atoms with Crippen molar-refractivity contribution in [1.29, 1.82) is 0 Å². The van der Waals surface area contributed by atoms with Gasteiger partial charge in [0.2, 0.25) is 11.8 Å². The van der Waals surface area contributed by atoms with Crippen molar-refractivity contribution < 1.29 is 22.8 Å². The number of rotatable bonds is 7. The fourth-order valence-corrected chi connectivity index (χ4v) is 3.77. The van der Waals surface area contributed by atoms with Crippen molar-refractivity contribution in [1.82, 2.24) is 0 Å². The average molecular weight is 479 g/mol. The zero-order valence-electron chi connectivity index (χ0n) is 16.6. The van der Waals surface area contributed by atoms with Gasteiger partial charge in [0.05, 0.1) is 23.4 Å². The SMILES string of the molecule is O=C(Cc1ccccc1)Nc1cccc(SCC(=O)Nc2ccc(Cl)cc2C(F)(F)F)c1. The second-order valence-corrected chi connectivity index (χ2v) is 8.25. The minimum atomic E-state index is -4.65. The van der Waals surface area contributed by atoms with Gasteiger partial charge in [-0.25, -0.2) is 0 Å². The normalized spacial score (nSPS) is 11.1. The number of thioether (sulfide) groups is 1. The number of halogens is 4. The molecule has 0 aliphatic carbocycles. The van der Waals surface area contributed by atoms with Crippen molar-refractivity contribution in [2.75, 3.05) is 16.4 Å². The van der Waals surface area contributed by atoms with Gasteiger partial charge in [0.15, 0.2) is 0 Å². The maximum absolute atomic E-state index is 13.2. The number of benzene rings is 3. The van der Waals surface area contributed by atoms with Gasteiger partial charge in [0.1, 0.15) is 0 Å². The summed E-state index contributed by atoms with van der Waals surface area (Å²) >= 11 is 6.79. The van der Waals surface area contributed by atoms with Crippen molar-refractivity contribution >= 4 is 46.6 Å². The summed E-state index contributed by atoms with van der Waals surface area (Å²) in [5.74, 6) is -0.888. The lowest BCUT2D eigenvalue weighted by atomic mass is 10.1. The molecule has 2 amide bonds. The van der Waals surface area contributed by atoms with Crippen LogP contribution >= 0.6 is 23.4 Å². The Kier molecular flexibility index (Phi) is 7.82. The minimum absolute atomic E-state index is 0.0733. The fourth-order valence-electron chi connectivity index (χ4n) is 2.85. The summed E-state index contributed by atoms with van der Waals surface area (Å²) in [5.41, 5.74) is 0.0851. The number of carbonyl (C=O) groups excluding carboxylic acids is 2. The van der Waals surface area contributed by atoms with E-state index in [4.69, 9.17) is 11.6 Å². The van der Waals surface area contributed by atoms with Crippen molar-refractivity contribution in [2.24, 2.45) is 0 Å². The summed E-state index contributed by atoms with van der Waals surface area (Å²) in [6, 6.07) is 19.3. The molecule has 166 valence electrons. The van der Waals surface area contributed by atoms with E-state index in [0.717, 1.165) is 29.5 Å². The molecule has 32 heavy (non-hydrogen) atoms. The molecule has 0 bridgehead atoms. The van der Waals surface area contributed by atoms with E-state index in [-0.39, 0.29) is 28.8 Å². The second-order valence-electron chi connectivity index (χ2n) is 6.76. The molecule has 4 nitrogen and oxygen atoms in total. The maximum atomic E-state index is 13.2. The smallest absolute Gasteiger partial charge is 0.326 e. The molecule has 9 heteroatoms. The van der Waals surface area contributed by atoms with E-state index in [1.807, 2.05) is 30.3 Å². The molecule has 3 aromatic carbocycles. The van der Waals surface area contributed by atoms with Gasteiger partial charge in [-0.2, -0.15) is 13.2 Å². The molecule has 0 aliphatic heterocycles. The third-order valence-electron chi connectivity index (χ3n) is 4.26. The molecular weight excluding hydrogens is 461 g/mol. The first kappa shape index (κ1) is 23.7. The Morgan fingerprint density at radius 2 is 1.62 bits per heavy atom. The quantitative estimate of drug-likeness (QED) is 0.393. The Morgan fingerprint density at radius 1 is 0.875 bits per heavy atom. The van der Waals surface area contributed by atoms with Crippen LogP contribution in [0.2, 0.25) is 5.02 Å². The average Bonchev–Trinajstić information content (AvgIpc) is 2.74. The molecule has 3 rings (SSSR count). The molecule has 0 unspecified atom stereocenters. The van der Waals surface area contributed by atoms with Gasteiger partial charge >= 0.3 is 6.18 Å². The van der Waals surface area contributed by atoms with Crippen molar-refractivity contribution in [3.63, 3.8) is 0 Å². The van der Waals surface area contributed by atoms with E-state index in [2.05, 4.69) is 10.6 Å². The Labute approximate surface area is 192 Å². The topological polar surface area (TPSA) is 58.2 Å². The first-order valence-corrected chi connectivity index (χ1v) is 10.8. The highest BCUT2D eigenvalue weighted by atomic mass is 35.5. The Bertz CT molecular complexity index is 1110. The third kappa shape index (κ3) is 7.03. The molecular formula is C23H18ClF3N2O2S. The molecule has 3 aromatic rings. The van der Waals surface area contributed by atoms with E-state index in [9.17, 15) is 22.8 Å². The van der Waals surface area contributed by atoms with Crippen LogP contribution in [0.25, 0.3) is 0 Å². The van der Waals surface area contributed by atoms with Crippen molar-refractivity contribution in [2.45, 2.75) is 17.5 Å². The number of anilines is 2. The van der Waals surface area contributed by atoms with Gasteiger partial charge in [-0.15, -0.1) is 11.8 Å². The van der Waals surface area contributed by atoms with Gasteiger partial charge in [-0.3, -0.25) is 9.59 Å². The molecule has 0 saturated carbocycles. The highest BCUT2D eigenvalue weighted by molar-refractivity contribution is 8.00. The first-order valence-electron chi connectivity index (χ1n) is 9.44. The molecule has 0 fully saturated rings. The molecule has 0 aromatic heterocycles. The monoisotopic (exact) mass is 478 g/mol. The predicted molar refractivity (Wildman–Crippen MR) is 121 cm³/mol. The molecule has 0 atom stereocenters. The van der Waals surface area contributed by atoms with Crippen LogP contribution in [0, 0.1) is 0 Å². The zero-order chi connectivity index (χ0) is 23.1. The van der Waals surface area contributed by atoms with Crippen LogP contribution in [0.5, 0.6) is 0 Å². The van der Waals surface area contributed by atoms with E-state index in [1.165, 1.54) is 6.07 Å². The number of hydrogen-bond donors (Lipinski definition) is 2. The molecule has 0 heterocycles. The largest absolute Gasteiger partial charge is 0.418 e. The summed E-state index contributed by atoms with van der Waals surface area (Å²) in [4.78, 5) is 25.1. The Morgan fingerprint density at radius 3 is 2.34 bits per heavy atom. The summed E-state index contributed by atoms with van der Waals surface area (Å²) < 4.78 is 39.5. The lowest BCUT2D eigenvalue weighted by Crippen LogP contribution is -2.18. The standard InChI is InChI=1S/C23H18ClF3N2O2S/c24-16-9-10-20(19(12-16)23(25,26)27)29-22(31)14-32-18-8-4-7-17(13-18)28-21(30)11-15-5-2-1-3-6-15/h1-10,12-13H,11,14H2,(H,28,30)(H,29,31). The van der Waals surface area contributed by atoms with Gasteiger partial charge in [0.25, 0.3) is 0 Å². The van der Waals surface area contributed by atoms with Crippen LogP contribution in [0.15, 0.2) is 77.7 Å². The first-order chi connectivity index (χ1) is 15.2. The van der Waals surface area contributed by atoms with E-state index >= 15 is 0 Å². The Balaban J connectivity index is 1.57. The summed E-state index contributed by atoms with van der Waals surface area (Å²) in [6.07, 6.45) is -4.42. The van der Waals surface area contributed by atoms with Gasteiger partial charge in [-0.1, -0.05) is 48.0 Å². The molecule has 0 aliphatic rings. The summed E-state index contributed by atoms with van der Waals surface area (Å²) in [6.45, 7) is 0. The van der Waals surface area contributed by atoms with Crippen LogP contribution in [-0.4, -0.2) is 17.6 Å². The van der Waals surface area contributed by atoms with Gasteiger partial charge in [0, 0.05) is 15.6 Å². The molecule has 0 spiro atoms. The number of carbonyl (C=O) groups is 2. The van der Waals surface area contributed by atoms with Gasteiger partial charge in [-0.05, 0) is 42.0 Å². The van der Waals surface area contributed by atoms with E-state index in [1.54, 1.807) is 24.3 Å². The number of nitrogens with one attached hydrogen (secondary N) is 2. The highest BCUT2D eigenvalue weighted by Gasteiger charge is 2.34. The Hall–Kier alpha value is -2.97. The highest BCUT2D eigenvalue weighted by Crippen LogP contribution is 2.36. The van der Waals surface area contributed by atoms with Crippen LogP contribution in [-0.2, 0) is 22.2 Å². The number of alkyl halides is 3. The molecule has 0 saturated heterocycles. The summed E-state index contributed by atoms with van der Waals surface area (Å²) in [5, 5.41) is 5.00.